The Hall–Kier alpha value is -1.35. The standard InChI is InChI=1S/C15H13Cl2NO/c16-13-7-3-6-12(15(13)17)14(19)8-10-4-1-2-5-11(10)9-18/h1-7H,8-9,18H2. The van der Waals surface area contributed by atoms with Crippen LogP contribution in [0.5, 0.6) is 0 Å². The molecule has 0 aliphatic rings. The zero-order chi connectivity index (χ0) is 13.8. The van der Waals surface area contributed by atoms with Gasteiger partial charge in [-0.15, -0.1) is 0 Å². The lowest BCUT2D eigenvalue weighted by molar-refractivity contribution is 0.0993. The number of nitrogens with two attached hydrogens (primary N) is 1. The van der Waals surface area contributed by atoms with E-state index < -0.39 is 0 Å². The quantitative estimate of drug-likeness (QED) is 0.870. The molecule has 0 atom stereocenters. The van der Waals surface area contributed by atoms with Crippen LogP contribution in [0.4, 0.5) is 0 Å². The van der Waals surface area contributed by atoms with Crippen molar-refractivity contribution in [2.45, 2.75) is 13.0 Å². The maximum Gasteiger partial charge on any atom is 0.168 e. The van der Waals surface area contributed by atoms with E-state index in [0.29, 0.717) is 22.2 Å². The summed E-state index contributed by atoms with van der Waals surface area (Å²) in [4.78, 5) is 12.3. The molecule has 0 unspecified atom stereocenters. The molecule has 4 heteroatoms. The van der Waals surface area contributed by atoms with Crippen LogP contribution >= 0.6 is 23.2 Å². The van der Waals surface area contributed by atoms with Crippen molar-refractivity contribution in [3.63, 3.8) is 0 Å². The zero-order valence-corrected chi connectivity index (χ0v) is 11.7. The van der Waals surface area contributed by atoms with Crippen LogP contribution in [-0.2, 0) is 13.0 Å². The first-order valence-electron chi connectivity index (χ1n) is 5.87. The molecule has 2 aromatic rings. The first-order chi connectivity index (χ1) is 9.13. The van der Waals surface area contributed by atoms with Gasteiger partial charge >= 0.3 is 0 Å². The number of carbonyl (C=O) groups is 1. The minimum atomic E-state index is -0.0617. The highest BCUT2D eigenvalue weighted by atomic mass is 35.5. The van der Waals surface area contributed by atoms with Crippen LogP contribution in [0.1, 0.15) is 21.5 Å². The van der Waals surface area contributed by atoms with Gasteiger partial charge in [-0.25, -0.2) is 0 Å². The molecule has 0 radical (unpaired) electrons. The van der Waals surface area contributed by atoms with Gasteiger partial charge in [0, 0.05) is 18.5 Å². The maximum atomic E-state index is 12.3. The summed E-state index contributed by atoms with van der Waals surface area (Å²) in [6.45, 7) is 0.409. The van der Waals surface area contributed by atoms with E-state index in [1.165, 1.54) is 0 Å². The summed E-state index contributed by atoms with van der Waals surface area (Å²) in [5.41, 5.74) is 7.99. The van der Waals surface area contributed by atoms with Crippen molar-refractivity contribution in [3.8, 4) is 0 Å². The Bertz CT molecular complexity index is 611. The van der Waals surface area contributed by atoms with Crippen LogP contribution < -0.4 is 5.73 Å². The van der Waals surface area contributed by atoms with Gasteiger partial charge < -0.3 is 5.73 Å². The lowest BCUT2D eigenvalue weighted by Crippen LogP contribution is -2.08. The molecule has 0 aliphatic carbocycles. The van der Waals surface area contributed by atoms with E-state index in [9.17, 15) is 4.79 Å². The third-order valence-electron chi connectivity index (χ3n) is 2.94. The number of carbonyl (C=O) groups excluding carboxylic acids is 1. The zero-order valence-electron chi connectivity index (χ0n) is 10.2. The largest absolute Gasteiger partial charge is 0.326 e. The molecular weight excluding hydrogens is 281 g/mol. The Morgan fingerprint density at radius 2 is 1.68 bits per heavy atom. The Morgan fingerprint density at radius 3 is 2.37 bits per heavy atom. The van der Waals surface area contributed by atoms with Crippen LogP contribution in [-0.4, -0.2) is 5.78 Å². The third kappa shape index (κ3) is 3.16. The van der Waals surface area contributed by atoms with E-state index in [0.717, 1.165) is 11.1 Å². The number of hydrogen-bond acceptors (Lipinski definition) is 2. The smallest absolute Gasteiger partial charge is 0.168 e. The lowest BCUT2D eigenvalue weighted by atomic mass is 9.99. The molecule has 0 bridgehead atoms. The van der Waals surface area contributed by atoms with Crippen LogP contribution in [0, 0.1) is 0 Å². The van der Waals surface area contributed by atoms with Crippen LogP contribution in [0.25, 0.3) is 0 Å². The summed E-state index contributed by atoms with van der Waals surface area (Å²) < 4.78 is 0. The molecule has 0 saturated heterocycles. The fourth-order valence-corrected chi connectivity index (χ4v) is 2.32. The number of Topliss-reactive ketones (excluding diaryl/α,β-unsaturated/α-hetero) is 1. The van der Waals surface area contributed by atoms with E-state index in [2.05, 4.69) is 0 Å². The molecule has 2 nitrogen and oxygen atoms in total. The number of halogens is 2. The molecule has 0 saturated carbocycles. The van der Waals surface area contributed by atoms with Gasteiger partial charge in [-0.2, -0.15) is 0 Å². The molecule has 0 spiro atoms. The number of benzene rings is 2. The lowest BCUT2D eigenvalue weighted by Gasteiger charge is -2.08. The monoisotopic (exact) mass is 293 g/mol. The molecule has 2 N–H and O–H groups in total. The fraction of sp³-hybridized carbons (Fsp3) is 0.133. The summed E-state index contributed by atoms with van der Waals surface area (Å²) in [7, 11) is 0. The van der Waals surface area contributed by atoms with Crippen molar-refractivity contribution in [2.24, 2.45) is 5.73 Å². The van der Waals surface area contributed by atoms with Crippen molar-refractivity contribution >= 4 is 29.0 Å². The van der Waals surface area contributed by atoms with E-state index in [4.69, 9.17) is 28.9 Å². The molecule has 0 aliphatic heterocycles. The summed E-state index contributed by atoms with van der Waals surface area (Å²) in [5.74, 6) is -0.0617. The van der Waals surface area contributed by atoms with E-state index >= 15 is 0 Å². The van der Waals surface area contributed by atoms with Gasteiger partial charge in [0.25, 0.3) is 0 Å². The molecule has 0 heterocycles. The van der Waals surface area contributed by atoms with Crippen LogP contribution in [0.2, 0.25) is 10.0 Å². The first-order valence-corrected chi connectivity index (χ1v) is 6.63. The van der Waals surface area contributed by atoms with Gasteiger partial charge in [0.2, 0.25) is 0 Å². The predicted molar refractivity (Wildman–Crippen MR) is 78.8 cm³/mol. The van der Waals surface area contributed by atoms with Gasteiger partial charge in [-0.05, 0) is 23.3 Å². The average molecular weight is 294 g/mol. The topological polar surface area (TPSA) is 43.1 Å². The van der Waals surface area contributed by atoms with Gasteiger partial charge in [-0.1, -0.05) is 53.5 Å². The molecule has 0 fully saturated rings. The molecule has 0 aromatic heterocycles. The van der Waals surface area contributed by atoms with Gasteiger partial charge in [0.15, 0.2) is 5.78 Å². The highest BCUT2D eigenvalue weighted by molar-refractivity contribution is 6.43. The van der Waals surface area contributed by atoms with Crippen LogP contribution in [0.3, 0.4) is 0 Å². The minimum Gasteiger partial charge on any atom is -0.326 e. The summed E-state index contributed by atoms with van der Waals surface area (Å²) in [6, 6.07) is 12.7. The Labute approximate surface area is 122 Å². The maximum absolute atomic E-state index is 12.3. The highest BCUT2D eigenvalue weighted by Crippen LogP contribution is 2.26. The van der Waals surface area contributed by atoms with Crippen molar-refractivity contribution < 1.29 is 4.79 Å². The summed E-state index contributed by atoms with van der Waals surface area (Å²) in [5, 5.41) is 0.694. The fourth-order valence-electron chi connectivity index (χ4n) is 1.92. The third-order valence-corrected chi connectivity index (χ3v) is 3.76. The minimum absolute atomic E-state index is 0.0617. The average Bonchev–Trinajstić information content (AvgIpc) is 2.42. The Balaban J connectivity index is 2.28. The molecule has 0 amide bonds. The molecular formula is C15H13Cl2NO. The van der Waals surface area contributed by atoms with Crippen molar-refractivity contribution in [1.29, 1.82) is 0 Å². The number of hydrogen-bond donors (Lipinski definition) is 1. The van der Waals surface area contributed by atoms with E-state index in [-0.39, 0.29) is 12.2 Å². The van der Waals surface area contributed by atoms with Gasteiger partial charge in [0.1, 0.15) is 0 Å². The second-order valence-electron chi connectivity index (χ2n) is 4.17. The molecule has 2 aromatic carbocycles. The second-order valence-corrected chi connectivity index (χ2v) is 4.96. The summed E-state index contributed by atoms with van der Waals surface area (Å²) >= 11 is 12.0. The van der Waals surface area contributed by atoms with Crippen LogP contribution in [0.15, 0.2) is 42.5 Å². The van der Waals surface area contributed by atoms with Crippen molar-refractivity contribution in [1.82, 2.24) is 0 Å². The normalized spacial score (nSPS) is 10.5. The summed E-state index contributed by atoms with van der Waals surface area (Å²) in [6.07, 6.45) is 0.271. The second kappa shape index (κ2) is 6.20. The van der Waals surface area contributed by atoms with E-state index in [1.54, 1.807) is 18.2 Å². The predicted octanol–water partition coefficient (Wildman–Crippen LogP) is 3.88. The Morgan fingerprint density at radius 1 is 1.00 bits per heavy atom. The molecule has 2 rings (SSSR count). The van der Waals surface area contributed by atoms with Gasteiger partial charge in [0.05, 0.1) is 10.0 Å². The highest BCUT2D eigenvalue weighted by Gasteiger charge is 2.14. The number of rotatable bonds is 4. The SMILES string of the molecule is NCc1ccccc1CC(=O)c1cccc(Cl)c1Cl. The Kier molecular flexibility index (Phi) is 4.59. The molecule has 98 valence electrons. The van der Waals surface area contributed by atoms with Crippen molar-refractivity contribution in [2.75, 3.05) is 0 Å². The van der Waals surface area contributed by atoms with E-state index in [1.807, 2.05) is 24.3 Å². The first kappa shape index (κ1) is 14.1. The van der Waals surface area contributed by atoms with Gasteiger partial charge in [-0.3, -0.25) is 4.79 Å². The molecule has 19 heavy (non-hydrogen) atoms. The van der Waals surface area contributed by atoms with Crippen molar-refractivity contribution in [3.05, 3.63) is 69.2 Å². The number of ketones is 1.